The van der Waals surface area contributed by atoms with Crippen LogP contribution in [0.1, 0.15) is 43.7 Å². The van der Waals surface area contributed by atoms with Crippen LogP contribution in [0, 0.1) is 24.6 Å². The summed E-state index contributed by atoms with van der Waals surface area (Å²) in [6.07, 6.45) is 2.21. The van der Waals surface area contributed by atoms with Crippen molar-refractivity contribution in [3.8, 4) is 5.75 Å². The SMILES string of the molecule is COc1c(N2CC3CCCC(O)C(O)C3C2)c(F)c(C)c2c(=O)[nH]c(=O)n(C3CC3)c12. The number of H-pyrrole nitrogens is 1. The van der Waals surface area contributed by atoms with E-state index >= 15 is 4.39 Å². The second-order valence-electron chi connectivity index (χ2n) is 9.22. The minimum Gasteiger partial charge on any atom is -0.492 e. The standard InChI is InChI=1S/C22H28FN3O5/c1-10-15-17(26(12-6-7-12)22(30)24-21(15)29)20(31-2)18(16(10)23)25-8-11-4-3-5-14(27)19(28)13(11)9-25/h11-14,19,27-28H,3-9H2,1-2H3,(H,24,29,30). The van der Waals surface area contributed by atoms with Crippen molar-refractivity contribution in [1.29, 1.82) is 0 Å². The predicted octanol–water partition coefficient (Wildman–Crippen LogP) is 1.44. The number of hydrogen-bond donors (Lipinski definition) is 3. The Hall–Kier alpha value is -2.39. The molecule has 0 radical (unpaired) electrons. The molecule has 1 aromatic heterocycles. The summed E-state index contributed by atoms with van der Waals surface area (Å²) in [6, 6.07) is -0.0416. The van der Waals surface area contributed by atoms with Gasteiger partial charge < -0.3 is 19.8 Å². The van der Waals surface area contributed by atoms with Gasteiger partial charge in [0.2, 0.25) is 0 Å². The third-order valence-electron chi connectivity index (χ3n) is 7.32. The first-order valence-corrected chi connectivity index (χ1v) is 11.0. The van der Waals surface area contributed by atoms with E-state index in [-0.39, 0.29) is 40.3 Å². The first kappa shape index (κ1) is 20.5. The molecule has 3 aliphatic rings. The molecule has 31 heavy (non-hydrogen) atoms. The highest BCUT2D eigenvalue weighted by Crippen LogP contribution is 2.46. The molecular formula is C22H28FN3O5. The second kappa shape index (κ2) is 7.34. The number of halogens is 1. The maximum Gasteiger partial charge on any atom is 0.329 e. The van der Waals surface area contributed by atoms with Crippen LogP contribution in [0.25, 0.3) is 10.9 Å². The number of nitrogens with zero attached hydrogens (tertiary/aromatic N) is 2. The van der Waals surface area contributed by atoms with Crippen molar-refractivity contribution in [2.75, 3.05) is 25.1 Å². The number of aliphatic hydroxyl groups is 2. The van der Waals surface area contributed by atoms with E-state index in [2.05, 4.69) is 4.98 Å². The minimum atomic E-state index is -0.861. The molecular weight excluding hydrogens is 405 g/mol. The lowest BCUT2D eigenvalue weighted by Gasteiger charge is -2.27. The number of hydrogen-bond acceptors (Lipinski definition) is 6. The molecule has 8 nitrogen and oxygen atoms in total. The van der Waals surface area contributed by atoms with Gasteiger partial charge >= 0.3 is 5.69 Å². The Morgan fingerprint density at radius 3 is 2.55 bits per heavy atom. The van der Waals surface area contributed by atoms with Gasteiger partial charge in [0.25, 0.3) is 5.56 Å². The molecule has 0 bridgehead atoms. The number of rotatable bonds is 3. The molecule has 1 saturated heterocycles. The van der Waals surface area contributed by atoms with Gasteiger partial charge in [0.15, 0.2) is 11.6 Å². The quantitative estimate of drug-likeness (QED) is 0.676. The maximum absolute atomic E-state index is 15.7. The summed E-state index contributed by atoms with van der Waals surface area (Å²) in [4.78, 5) is 29.4. The smallest absolute Gasteiger partial charge is 0.329 e. The molecule has 2 aromatic rings. The normalized spacial score (nSPS) is 28.6. The van der Waals surface area contributed by atoms with Gasteiger partial charge in [-0.25, -0.2) is 9.18 Å². The van der Waals surface area contributed by atoms with Gasteiger partial charge in [0, 0.05) is 30.6 Å². The first-order valence-electron chi connectivity index (χ1n) is 11.0. The van der Waals surface area contributed by atoms with Gasteiger partial charge in [0.1, 0.15) is 11.2 Å². The van der Waals surface area contributed by atoms with Crippen molar-refractivity contribution in [1.82, 2.24) is 9.55 Å². The molecule has 4 atom stereocenters. The average molecular weight is 433 g/mol. The Morgan fingerprint density at radius 1 is 1.13 bits per heavy atom. The minimum absolute atomic E-state index is 0.0416. The average Bonchev–Trinajstić information content (AvgIpc) is 3.49. The summed E-state index contributed by atoms with van der Waals surface area (Å²) in [5.74, 6) is -0.429. The number of benzene rings is 1. The van der Waals surface area contributed by atoms with E-state index in [4.69, 9.17) is 4.74 Å². The molecule has 2 saturated carbocycles. The molecule has 168 valence electrons. The van der Waals surface area contributed by atoms with E-state index in [1.165, 1.54) is 11.7 Å². The van der Waals surface area contributed by atoms with Crippen LogP contribution in [-0.2, 0) is 0 Å². The largest absolute Gasteiger partial charge is 0.492 e. The number of aromatic nitrogens is 2. The first-order chi connectivity index (χ1) is 14.8. The lowest BCUT2D eigenvalue weighted by atomic mass is 9.89. The van der Waals surface area contributed by atoms with Crippen molar-refractivity contribution < 1.29 is 19.3 Å². The lowest BCUT2D eigenvalue weighted by Crippen LogP contribution is -2.36. The zero-order chi connectivity index (χ0) is 22.0. The Morgan fingerprint density at radius 2 is 1.87 bits per heavy atom. The highest BCUT2D eigenvalue weighted by molar-refractivity contribution is 5.93. The van der Waals surface area contributed by atoms with E-state index in [1.807, 2.05) is 4.90 Å². The van der Waals surface area contributed by atoms with Crippen LogP contribution in [0.2, 0.25) is 0 Å². The zero-order valence-electron chi connectivity index (χ0n) is 17.7. The van der Waals surface area contributed by atoms with E-state index in [1.54, 1.807) is 6.92 Å². The predicted molar refractivity (Wildman–Crippen MR) is 113 cm³/mol. The van der Waals surface area contributed by atoms with Gasteiger partial charge in [0.05, 0.1) is 24.7 Å². The van der Waals surface area contributed by atoms with Gasteiger partial charge in [-0.15, -0.1) is 0 Å². The molecule has 2 aliphatic carbocycles. The van der Waals surface area contributed by atoms with Crippen molar-refractivity contribution >= 4 is 16.6 Å². The number of ether oxygens (including phenoxy) is 1. The van der Waals surface area contributed by atoms with Crippen molar-refractivity contribution in [2.45, 2.75) is 57.3 Å². The van der Waals surface area contributed by atoms with Crippen LogP contribution in [0.3, 0.4) is 0 Å². The van der Waals surface area contributed by atoms with E-state index in [0.717, 1.165) is 25.7 Å². The van der Waals surface area contributed by atoms with Crippen LogP contribution < -0.4 is 20.9 Å². The number of fused-ring (bicyclic) bond motifs is 2. The highest BCUT2D eigenvalue weighted by atomic mass is 19.1. The summed E-state index contributed by atoms with van der Waals surface area (Å²) >= 11 is 0. The number of aromatic amines is 1. The van der Waals surface area contributed by atoms with Gasteiger partial charge in [-0.2, -0.15) is 0 Å². The van der Waals surface area contributed by atoms with Gasteiger partial charge in [-0.05, 0) is 38.5 Å². The van der Waals surface area contributed by atoms with Crippen LogP contribution in [-0.4, -0.2) is 52.2 Å². The molecule has 1 aromatic carbocycles. The number of nitrogens with one attached hydrogen (secondary N) is 1. The highest BCUT2D eigenvalue weighted by Gasteiger charge is 2.43. The summed E-state index contributed by atoms with van der Waals surface area (Å²) in [5.41, 5.74) is -0.403. The fourth-order valence-corrected chi connectivity index (χ4v) is 5.59. The topological polar surface area (TPSA) is 108 Å². The molecule has 5 rings (SSSR count). The van der Waals surface area contributed by atoms with Crippen LogP contribution in [0.4, 0.5) is 10.1 Å². The zero-order valence-corrected chi connectivity index (χ0v) is 17.7. The molecule has 1 aliphatic heterocycles. The third kappa shape index (κ3) is 3.09. The van der Waals surface area contributed by atoms with Gasteiger partial charge in [-0.3, -0.25) is 14.3 Å². The van der Waals surface area contributed by atoms with Crippen molar-refractivity contribution in [3.05, 3.63) is 32.2 Å². The van der Waals surface area contributed by atoms with E-state index < -0.39 is 29.3 Å². The number of aryl methyl sites for hydroxylation is 1. The van der Waals surface area contributed by atoms with Gasteiger partial charge in [-0.1, -0.05) is 6.42 Å². The van der Waals surface area contributed by atoms with E-state index in [9.17, 15) is 19.8 Å². The molecule has 0 amide bonds. The fraction of sp³-hybridized carbons (Fsp3) is 0.636. The van der Waals surface area contributed by atoms with Crippen molar-refractivity contribution in [3.63, 3.8) is 0 Å². The summed E-state index contributed by atoms with van der Waals surface area (Å²) in [6.45, 7) is 2.44. The molecule has 4 unspecified atom stereocenters. The molecule has 9 heteroatoms. The molecule has 2 heterocycles. The van der Waals surface area contributed by atoms with E-state index in [0.29, 0.717) is 25.0 Å². The number of methoxy groups -OCH3 is 1. The lowest BCUT2D eigenvalue weighted by molar-refractivity contribution is -0.0161. The maximum atomic E-state index is 15.7. The summed E-state index contributed by atoms with van der Waals surface area (Å²) < 4.78 is 22.9. The number of aliphatic hydroxyl groups excluding tert-OH is 2. The fourth-order valence-electron chi connectivity index (χ4n) is 5.59. The Bertz CT molecular complexity index is 1150. The molecule has 3 fully saturated rings. The van der Waals surface area contributed by atoms with Crippen molar-refractivity contribution in [2.24, 2.45) is 11.8 Å². The second-order valence-corrected chi connectivity index (χ2v) is 9.22. The number of anilines is 1. The Labute approximate surface area is 178 Å². The van der Waals surface area contributed by atoms with Crippen LogP contribution in [0.5, 0.6) is 5.75 Å². The molecule has 3 N–H and O–H groups in total. The van der Waals surface area contributed by atoms with Crippen LogP contribution in [0.15, 0.2) is 9.59 Å². The molecule has 0 spiro atoms. The summed E-state index contributed by atoms with van der Waals surface area (Å²) in [7, 11) is 1.42. The monoisotopic (exact) mass is 433 g/mol. The Kier molecular flexibility index (Phi) is 4.86. The van der Waals surface area contributed by atoms with Crippen LogP contribution >= 0.6 is 0 Å². The summed E-state index contributed by atoms with van der Waals surface area (Å²) in [5, 5.41) is 21.0. The Balaban J connectivity index is 1.72. The third-order valence-corrected chi connectivity index (χ3v) is 7.32.